The van der Waals surface area contributed by atoms with Crippen LogP contribution in [0.5, 0.6) is 11.5 Å². The Morgan fingerprint density at radius 3 is 2.17 bits per heavy atom. The molecule has 0 aliphatic heterocycles. The van der Waals surface area contributed by atoms with E-state index in [1.54, 1.807) is 32.4 Å². The van der Waals surface area contributed by atoms with E-state index >= 15 is 0 Å². The fraction of sp³-hybridized carbons (Fsp3) is 0.138. The Morgan fingerprint density at radius 2 is 1.54 bits per heavy atom. The lowest BCUT2D eigenvalue weighted by Gasteiger charge is -2.10. The predicted octanol–water partition coefficient (Wildman–Crippen LogP) is 7.77. The quantitative estimate of drug-likeness (QED) is 0.157. The van der Waals surface area contributed by atoms with E-state index in [-0.39, 0.29) is 12.3 Å². The molecule has 1 N–H and O–H groups in total. The van der Waals surface area contributed by atoms with E-state index < -0.39 is 0 Å². The van der Waals surface area contributed by atoms with Gasteiger partial charge < -0.3 is 14.8 Å². The summed E-state index contributed by atoms with van der Waals surface area (Å²) < 4.78 is 10.6. The van der Waals surface area contributed by atoms with Crippen molar-refractivity contribution >= 4 is 57.3 Å². The largest absolute Gasteiger partial charge is 0.497 e. The number of carbonyl (C=O) groups excluding carboxylic acids is 1. The molecule has 2 aromatic heterocycles. The van der Waals surface area contributed by atoms with E-state index in [1.165, 1.54) is 23.1 Å². The van der Waals surface area contributed by atoms with Crippen molar-refractivity contribution in [2.75, 3.05) is 25.3 Å². The van der Waals surface area contributed by atoms with Crippen molar-refractivity contribution in [1.82, 2.24) is 20.2 Å². The van der Waals surface area contributed by atoms with Crippen molar-refractivity contribution in [3.8, 4) is 45.3 Å². The molecule has 0 bridgehead atoms. The van der Waals surface area contributed by atoms with E-state index in [4.69, 9.17) is 37.7 Å². The number of amides is 1. The number of thiazole rings is 1. The Hall–Kier alpha value is -3.70. The highest BCUT2D eigenvalue weighted by atomic mass is 35.5. The molecule has 0 spiro atoms. The van der Waals surface area contributed by atoms with Gasteiger partial charge in [0.05, 0.1) is 24.9 Å². The van der Waals surface area contributed by atoms with Crippen LogP contribution in [-0.4, -0.2) is 46.0 Å². The van der Waals surface area contributed by atoms with Gasteiger partial charge in [-0.1, -0.05) is 35.0 Å². The monoisotopic (exact) mass is 623 g/mol. The number of methoxy groups -OCH3 is 2. The molecule has 12 heteroatoms. The number of aromatic nitrogens is 4. The number of anilines is 1. The first-order valence-corrected chi connectivity index (χ1v) is 14.9. The van der Waals surface area contributed by atoms with Gasteiger partial charge in [-0.3, -0.25) is 4.79 Å². The minimum absolute atomic E-state index is 0.168. The van der Waals surface area contributed by atoms with Crippen LogP contribution in [0, 0.1) is 0 Å². The summed E-state index contributed by atoms with van der Waals surface area (Å²) in [7, 11) is 3.24. The van der Waals surface area contributed by atoms with Gasteiger partial charge >= 0.3 is 0 Å². The third-order valence-corrected chi connectivity index (χ3v) is 8.06. The third-order valence-electron chi connectivity index (χ3n) is 5.91. The molecule has 0 unspecified atom stereocenters. The topological polar surface area (TPSA) is 99.1 Å². The molecule has 41 heavy (non-hydrogen) atoms. The highest BCUT2D eigenvalue weighted by Gasteiger charge is 2.16. The second-order valence-corrected chi connectivity index (χ2v) is 11.3. The molecule has 0 fully saturated rings. The molecule has 0 saturated heterocycles. The second-order valence-electron chi connectivity index (χ2n) is 8.56. The Labute approximate surface area is 255 Å². The molecule has 0 aliphatic carbocycles. The van der Waals surface area contributed by atoms with E-state index in [0.29, 0.717) is 43.2 Å². The van der Waals surface area contributed by atoms with Gasteiger partial charge in [-0.2, -0.15) is 0 Å². The number of nitrogens with zero attached hydrogens (tertiary/aromatic N) is 4. The molecule has 1 amide bonds. The first-order chi connectivity index (χ1) is 19.9. The standard InChI is InChI=1S/C29H23Cl2N5O3S2/c1-38-20-8-3-17(4-9-20)26-27(18-5-10-21(39-2)11-6-18)35-36-29(34-26)40-14-13-25(37)33-28-32-24(16-41-28)22-12-7-19(30)15-23(22)31/h3-12,15-16H,13-14H2,1-2H3,(H,32,33,37). The van der Waals surface area contributed by atoms with Gasteiger partial charge in [0.2, 0.25) is 11.1 Å². The highest BCUT2D eigenvalue weighted by molar-refractivity contribution is 7.99. The number of rotatable bonds is 10. The lowest BCUT2D eigenvalue weighted by atomic mass is 10.0. The Morgan fingerprint density at radius 1 is 0.878 bits per heavy atom. The maximum Gasteiger partial charge on any atom is 0.226 e. The number of hydrogen-bond acceptors (Lipinski definition) is 9. The van der Waals surface area contributed by atoms with Crippen LogP contribution >= 0.6 is 46.3 Å². The van der Waals surface area contributed by atoms with Crippen molar-refractivity contribution in [3.63, 3.8) is 0 Å². The smallest absolute Gasteiger partial charge is 0.226 e. The summed E-state index contributed by atoms with van der Waals surface area (Å²) in [5.41, 5.74) is 4.46. The van der Waals surface area contributed by atoms with Crippen LogP contribution in [0.25, 0.3) is 33.8 Å². The van der Waals surface area contributed by atoms with Gasteiger partial charge in [0.1, 0.15) is 22.9 Å². The van der Waals surface area contributed by atoms with Crippen molar-refractivity contribution in [2.45, 2.75) is 11.6 Å². The SMILES string of the molecule is COc1ccc(-c2nnc(SCCC(=O)Nc3nc(-c4ccc(Cl)cc4Cl)cs3)nc2-c2ccc(OC)cc2)cc1. The Balaban J connectivity index is 1.27. The van der Waals surface area contributed by atoms with Gasteiger partial charge in [0.15, 0.2) is 5.13 Å². The van der Waals surface area contributed by atoms with Crippen molar-refractivity contribution in [3.05, 3.63) is 82.2 Å². The number of benzene rings is 3. The van der Waals surface area contributed by atoms with Crippen LogP contribution < -0.4 is 14.8 Å². The Bertz CT molecular complexity index is 1660. The lowest BCUT2D eigenvalue weighted by Crippen LogP contribution is -2.12. The minimum Gasteiger partial charge on any atom is -0.497 e. The molecule has 5 rings (SSSR count). The molecular formula is C29H23Cl2N5O3S2. The maximum atomic E-state index is 12.6. The Kier molecular flexibility index (Phi) is 9.35. The number of carbonyl (C=O) groups is 1. The van der Waals surface area contributed by atoms with Crippen LogP contribution in [0.4, 0.5) is 5.13 Å². The van der Waals surface area contributed by atoms with Crippen molar-refractivity contribution in [1.29, 1.82) is 0 Å². The number of hydrogen-bond donors (Lipinski definition) is 1. The third kappa shape index (κ3) is 7.15. The van der Waals surface area contributed by atoms with Gasteiger partial charge in [-0.25, -0.2) is 9.97 Å². The average Bonchev–Trinajstić information content (AvgIpc) is 3.45. The molecule has 208 valence electrons. The normalized spacial score (nSPS) is 10.8. The summed E-state index contributed by atoms with van der Waals surface area (Å²) in [6.07, 6.45) is 0.239. The second kappa shape index (κ2) is 13.3. The summed E-state index contributed by atoms with van der Waals surface area (Å²) in [5.74, 6) is 1.78. The molecule has 0 radical (unpaired) electrons. The number of thioether (sulfide) groups is 1. The lowest BCUT2D eigenvalue weighted by molar-refractivity contribution is -0.115. The molecule has 8 nitrogen and oxygen atoms in total. The van der Waals surface area contributed by atoms with Crippen LogP contribution in [-0.2, 0) is 4.79 Å². The molecule has 0 saturated carbocycles. The minimum atomic E-state index is -0.168. The van der Waals surface area contributed by atoms with Crippen LogP contribution in [0.2, 0.25) is 10.0 Å². The number of nitrogens with one attached hydrogen (secondary N) is 1. The van der Waals surface area contributed by atoms with Gasteiger partial charge in [0, 0.05) is 39.3 Å². The van der Waals surface area contributed by atoms with E-state index in [0.717, 1.165) is 28.2 Å². The van der Waals surface area contributed by atoms with Crippen LogP contribution in [0.1, 0.15) is 6.42 Å². The average molecular weight is 625 g/mol. The summed E-state index contributed by atoms with van der Waals surface area (Å²) in [4.78, 5) is 21.9. The summed E-state index contributed by atoms with van der Waals surface area (Å²) in [6, 6.07) is 20.4. The summed E-state index contributed by atoms with van der Waals surface area (Å²) >= 11 is 15.0. The number of halogens is 2. The fourth-order valence-corrected chi connectivity index (χ4v) is 5.79. The highest BCUT2D eigenvalue weighted by Crippen LogP contribution is 2.33. The van der Waals surface area contributed by atoms with Crippen molar-refractivity contribution < 1.29 is 14.3 Å². The molecule has 0 atom stereocenters. The first kappa shape index (κ1) is 28.8. The maximum absolute atomic E-state index is 12.6. The molecule has 5 aromatic rings. The van der Waals surface area contributed by atoms with Crippen LogP contribution in [0.3, 0.4) is 0 Å². The molecular weight excluding hydrogens is 601 g/mol. The van der Waals surface area contributed by atoms with E-state index in [1.807, 2.05) is 53.9 Å². The summed E-state index contributed by atoms with van der Waals surface area (Å²) in [5, 5.41) is 15.5. The van der Waals surface area contributed by atoms with Crippen LogP contribution in [0.15, 0.2) is 77.3 Å². The van der Waals surface area contributed by atoms with Gasteiger partial charge in [-0.15, -0.1) is 21.5 Å². The molecule has 0 aliphatic rings. The number of ether oxygens (including phenoxy) is 2. The molecule has 2 heterocycles. The van der Waals surface area contributed by atoms with E-state index in [2.05, 4.69) is 20.5 Å². The zero-order chi connectivity index (χ0) is 28.8. The molecule has 3 aromatic carbocycles. The van der Waals surface area contributed by atoms with Crippen molar-refractivity contribution in [2.24, 2.45) is 0 Å². The first-order valence-electron chi connectivity index (χ1n) is 12.3. The van der Waals surface area contributed by atoms with Gasteiger partial charge in [-0.05, 0) is 66.7 Å². The van der Waals surface area contributed by atoms with E-state index in [9.17, 15) is 4.79 Å². The summed E-state index contributed by atoms with van der Waals surface area (Å²) in [6.45, 7) is 0. The van der Waals surface area contributed by atoms with Gasteiger partial charge in [0.25, 0.3) is 0 Å². The predicted molar refractivity (Wildman–Crippen MR) is 165 cm³/mol. The fourth-order valence-electron chi connectivity index (χ4n) is 3.83. The zero-order valence-corrected chi connectivity index (χ0v) is 25.1. The zero-order valence-electron chi connectivity index (χ0n) is 21.9.